The minimum atomic E-state index is -4.84. The Hall–Kier alpha value is -3.23. The summed E-state index contributed by atoms with van der Waals surface area (Å²) in [6, 6.07) is 5.43. The Morgan fingerprint density at radius 3 is 2.47 bits per heavy atom. The molecule has 0 atom stereocenters. The van der Waals surface area contributed by atoms with Gasteiger partial charge in [0.1, 0.15) is 11.9 Å². The predicted molar refractivity (Wildman–Crippen MR) is 124 cm³/mol. The zero-order valence-electron chi connectivity index (χ0n) is 19.4. The van der Waals surface area contributed by atoms with Crippen LogP contribution in [-0.4, -0.2) is 63.3 Å². The first-order valence-electron chi connectivity index (χ1n) is 11.5. The van der Waals surface area contributed by atoms with Gasteiger partial charge in [0.05, 0.1) is 24.2 Å². The van der Waals surface area contributed by atoms with Crippen molar-refractivity contribution in [2.75, 3.05) is 30.4 Å². The van der Waals surface area contributed by atoms with Gasteiger partial charge >= 0.3 is 12.0 Å². The number of nitrogens with one attached hydrogen (secondary N) is 3. The van der Waals surface area contributed by atoms with Gasteiger partial charge in [-0.2, -0.15) is 4.98 Å². The Kier molecular flexibility index (Phi) is 9.61. The van der Waals surface area contributed by atoms with E-state index >= 15 is 0 Å². The van der Waals surface area contributed by atoms with Gasteiger partial charge in [0, 0.05) is 24.7 Å². The highest BCUT2D eigenvalue weighted by Crippen LogP contribution is 2.29. The van der Waals surface area contributed by atoms with Crippen LogP contribution >= 0.6 is 0 Å². The molecule has 198 valence electrons. The van der Waals surface area contributed by atoms with Gasteiger partial charge in [0.15, 0.2) is 0 Å². The summed E-state index contributed by atoms with van der Waals surface area (Å²) in [7, 11) is 0. The van der Waals surface area contributed by atoms with Crippen LogP contribution in [0, 0.1) is 16.0 Å². The van der Waals surface area contributed by atoms with E-state index in [0.29, 0.717) is 6.54 Å². The molecule has 0 aliphatic heterocycles. The van der Waals surface area contributed by atoms with Crippen LogP contribution in [0.3, 0.4) is 0 Å². The molecule has 11 nitrogen and oxygen atoms in total. The summed E-state index contributed by atoms with van der Waals surface area (Å²) in [5.74, 6) is -0.107. The number of halogens is 3. The zero-order valence-corrected chi connectivity index (χ0v) is 19.4. The number of hydrogen-bond donors (Lipinski definition) is 5. The maximum Gasteiger partial charge on any atom is 0.573 e. The minimum absolute atomic E-state index is 0.0110. The third-order valence-electron chi connectivity index (χ3n) is 5.92. The van der Waals surface area contributed by atoms with Crippen molar-refractivity contribution in [2.45, 2.75) is 50.7 Å². The molecule has 1 saturated carbocycles. The molecule has 0 saturated heterocycles. The van der Waals surface area contributed by atoms with Crippen LogP contribution in [0.1, 0.15) is 31.2 Å². The molecule has 1 aliphatic carbocycles. The third-order valence-corrected chi connectivity index (χ3v) is 5.92. The molecule has 0 spiro atoms. The molecule has 1 aliphatic rings. The normalized spacial score (nSPS) is 18.2. The van der Waals surface area contributed by atoms with Crippen LogP contribution in [0.15, 0.2) is 30.5 Å². The highest BCUT2D eigenvalue weighted by atomic mass is 19.4. The highest BCUT2D eigenvalue weighted by Gasteiger charge is 2.32. The van der Waals surface area contributed by atoms with Crippen LogP contribution in [0.2, 0.25) is 0 Å². The number of anilines is 2. The fourth-order valence-corrected chi connectivity index (χ4v) is 4.04. The number of hydrogen-bond acceptors (Lipinski definition) is 10. The Labute approximate surface area is 205 Å². The van der Waals surface area contributed by atoms with Crippen LogP contribution in [0.25, 0.3) is 0 Å². The Bertz CT molecular complexity index is 1000. The topological polar surface area (TPSA) is 155 Å². The molecule has 0 amide bonds. The molecule has 5 N–H and O–H groups in total. The van der Waals surface area contributed by atoms with E-state index in [0.717, 1.165) is 31.9 Å². The van der Waals surface area contributed by atoms with Gasteiger partial charge in [-0.25, -0.2) is 4.98 Å². The average molecular weight is 515 g/mol. The number of nitrogens with zero attached hydrogens (tertiary/aromatic N) is 3. The quantitative estimate of drug-likeness (QED) is 0.211. The van der Waals surface area contributed by atoms with Gasteiger partial charge in [-0.1, -0.05) is 18.2 Å². The predicted octanol–water partition coefficient (Wildman–Crippen LogP) is 2.81. The lowest BCUT2D eigenvalue weighted by atomic mass is 9.85. The molecule has 1 heterocycles. The van der Waals surface area contributed by atoms with E-state index in [2.05, 4.69) is 30.7 Å². The molecule has 0 bridgehead atoms. The first-order chi connectivity index (χ1) is 17.2. The lowest BCUT2D eigenvalue weighted by Crippen LogP contribution is -2.44. The van der Waals surface area contributed by atoms with Crippen molar-refractivity contribution < 1.29 is 33.0 Å². The number of rotatable bonds is 12. The minimum Gasteiger partial charge on any atom is -0.405 e. The van der Waals surface area contributed by atoms with Crippen molar-refractivity contribution in [3.05, 3.63) is 46.1 Å². The largest absolute Gasteiger partial charge is 0.573 e. The summed E-state index contributed by atoms with van der Waals surface area (Å²) in [6.45, 7) is 0.0538. The molecular formula is C22H29F3N6O5. The molecule has 0 unspecified atom stereocenters. The van der Waals surface area contributed by atoms with Crippen molar-refractivity contribution in [1.82, 2.24) is 15.3 Å². The Balaban J connectivity index is 1.60. The second-order valence-electron chi connectivity index (χ2n) is 8.52. The summed E-state index contributed by atoms with van der Waals surface area (Å²) < 4.78 is 42.0. The Morgan fingerprint density at radius 1 is 1.14 bits per heavy atom. The molecule has 1 aromatic carbocycles. The smallest absolute Gasteiger partial charge is 0.405 e. The summed E-state index contributed by atoms with van der Waals surface area (Å²) >= 11 is 0. The summed E-state index contributed by atoms with van der Waals surface area (Å²) in [5.41, 5.74) is -0.105. The van der Waals surface area contributed by atoms with Gasteiger partial charge in [-0.05, 0) is 37.7 Å². The molecule has 1 fully saturated rings. The summed E-state index contributed by atoms with van der Waals surface area (Å²) in [5, 5.41) is 38.9. The number of alkyl halides is 3. The molecule has 0 radical (unpaired) electrons. The number of para-hydroxylation sites is 1. The van der Waals surface area contributed by atoms with Crippen LogP contribution in [0.5, 0.6) is 5.75 Å². The van der Waals surface area contributed by atoms with Crippen LogP contribution < -0.4 is 20.7 Å². The van der Waals surface area contributed by atoms with E-state index in [9.17, 15) is 33.5 Å². The van der Waals surface area contributed by atoms with E-state index in [1.165, 1.54) is 18.2 Å². The highest BCUT2D eigenvalue weighted by molar-refractivity contribution is 5.57. The van der Waals surface area contributed by atoms with Crippen LogP contribution in [0.4, 0.5) is 30.6 Å². The maximum absolute atomic E-state index is 12.6. The van der Waals surface area contributed by atoms with Gasteiger partial charge in [0.2, 0.25) is 11.8 Å². The van der Waals surface area contributed by atoms with E-state index in [1.807, 2.05) is 0 Å². The third kappa shape index (κ3) is 8.17. The van der Waals surface area contributed by atoms with E-state index in [1.54, 1.807) is 6.07 Å². The number of aliphatic hydroxyl groups is 2. The van der Waals surface area contributed by atoms with E-state index in [4.69, 9.17) is 0 Å². The maximum atomic E-state index is 12.6. The molecule has 3 rings (SSSR count). The Morgan fingerprint density at radius 2 is 1.83 bits per heavy atom. The number of aliphatic hydroxyl groups excluding tert-OH is 2. The average Bonchev–Trinajstić information content (AvgIpc) is 2.85. The number of benzene rings is 1. The standard InChI is InChI=1S/C22H29F3N6O5/c23-22(24,25)36-19-4-2-1-3-15(19)10-27-21-28-11-18(31(34)35)20(30-21)26-9-14-5-7-16(8-6-14)29-17(12-32)13-33/h1-4,11,14,16-17,29,32-33H,5-10,12-13H2,(H2,26,27,28,30). The molecule has 14 heteroatoms. The molecular weight excluding hydrogens is 485 g/mol. The van der Waals surface area contributed by atoms with Crippen molar-refractivity contribution in [3.8, 4) is 5.75 Å². The van der Waals surface area contributed by atoms with E-state index < -0.39 is 11.3 Å². The van der Waals surface area contributed by atoms with Gasteiger partial charge in [-0.15, -0.1) is 13.2 Å². The SMILES string of the molecule is O=[N+]([O-])c1cnc(NCc2ccccc2OC(F)(F)F)nc1NCC1CCC(NC(CO)CO)CC1. The zero-order chi connectivity index (χ0) is 26.1. The second-order valence-corrected chi connectivity index (χ2v) is 8.52. The van der Waals surface area contributed by atoms with Crippen molar-refractivity contribution in [3.63, 3.8) is 0 Å². The van der Waals surface area contributed by atoms with E-state index in [-0.39, 0.29) is 66.5 Å². The van der Waals surface area contributed by atoms with Crippen molar-refractivity contribution in [2.24, 2.45) is 5.92 Å². The molecule has 36 heavy (non-hydrogen) atoms. The fourth-order valence-electron chi connectivity index (χ4n) is 4.04. The van der Waals surface area contributed by atoms with Gasteiger partial charge in [-0.3, -0.25) is 10.1 Å². The number of nitro groups is 1. The second kappa shape index (κ2) is 12.6. The summed E-state index contributed by atoms with van der Waals surface area (Å²) in [4.78, 5) is 18.9. The van der Waals surface area contributed by atoms with Gasteiger partial charge < -0.3 is 30.9 Å². The lowest BCUT2D eigenvalue weighted by Gasteiger charge is -2.31. The first kappa shape index (κ1) is 27.4. The van der Waals surface area contributed by atoms with Gasteiger partial charge in [0.25, 0.3) is 0 Å². The number of ether oxygens (including phenoxy) is 1. The summed E-state index contributed by atoms with van der Waals surface area (Å²) in [6.07, 6.45) is -0.448. The van der Waals surface area contributed by atoms with Crippen LogP contribution in [-0.2, 0) is 6.54 Å². The van der Waals surface area contributed by atoms with Crippen molar-refractivity contribution in [1.29, 1.82) is 0 Å². The lowest BCUT2D eigenvalue weighted by molar-refractivity contribution is -0.384. The van der Waals surface area contributed by atoms with Crippen molar-refractivity contribution >= 4 is 17.5 Å². The number of aromatic nitrogens is 2. The fraction of sp³-hybridized carbons (Fsp3) is 0.545. The first-order valence-corrected chi connectivity index (χ1v) is 11.5. The monoisotopic (exact) mass is 514 g/mol. The molecule has 1 aromatic heterocycles. The molecule has 2 aromatic rings.